The van der Waals surface area contributed by atoms with E-state index in [1.807, 2.05) is 30.0 Å². The summed E-state index contributed by atoms with van der Waals surface area (Å²) in [6.45, 7) is 4.53. The van der Waals surface area contributed by atoms with Gasteiger partial charge in [0, 0.05) is 36.9 Å². The molecule has 2 aliphatic rings. The van der Waals surface area contributed by atoms with E-state index in [1.54, 1.807) is 10.9 Å². The Morgan fingerprint density at radius 3 is 2.93 bits per heavy atom. The second kappa shape index (κ2) is 8.73. The van der Waals surface area contributed by atoms with Gasteiger partial charge in [0.05, 0.1) is 6.20 Å². The monoisotopic (exact) mass is 396 g/mol. The summed E-state index contributed by atoms with van der Waals surface area (Å²) >= 11 is 0. The van der Waals surface area contributed by atoms with Crippen LogP contribution in [0.25, 0.3) is 0 Å². The molecule has 2 aliphatic heterocycles. The van der Waals surface area contributed by atoms with Crippen molar-refractivity contribution in [3.63, 3.8) is 0 Å². The summed E-state index contributed by atoms with van der Waals surface area (Å²) in [6, 6.07) is 6.12. The minimum Gasteiger partial charge on any atom is -0.321 e. The van der Waals surface area contributed by atoms with Gasteiger partial charge in [0.25, 0.3) is 5.91 Å². The fourth-order valence-corrected chi connectivity index (χ4v) is 4.10. The van der Waals surface area contributed by atoms with Gasteiger partial charge in [0.1, 0.15) is 0 Å². The minimum absolute atomic E-state index is 0.157. The van der Waals surface area contributed by atoms with E-state index in [2.05, 4.69) is 20.9 Å². The van der Waals surface area contributed by atoms with Crippen LogP contribution >= 0.6 is 0 Å². The van der Waals surface area contributed by atoms with Crippen LogP contribution in [-0.2, 0) is 11.3 Å². The number of piperidine rings is 1. The molecule has 8 heteroatoms. The average molecular weight is 396 g/mol. The van der Waals surface area contributed by atoms with Crippen molar-refractivity contribution in [2.45, 2.75) is 58.0 Å². The molecule has 4 rings (SSSR count). The summed E-state index contributed by atoms with van der Waals surface area (Å²) in [7, 11) is 0. The van der Waals surface area contributed by atoms with Crippen LogP contribution in [0.3, 0.4) is 0 Å². The topological polar surface area (TPSA) is 92.2 Å². The van der Waals surface area contributed by atoms with Crippen molar-refractivity contribution in [2.75, 3.05) is 23.3 Å². The van der Waals surface area contributed by atoms with Gasteiger partial charge in [-0.1, -0.05) is 11.6 Å². The SMILES string of the molecule is Cc1cc(NC(=O)c2cn(CCC3CCCCN3)nn2)ccc1N1CCCC1=O. The highest BCUT2D eigenvalue weighted by molar-refractivity contribution is 6.03. The molecule has 2 N–H and O–H groups in total. The number of nitrogens with zero attached hydrogens (tertiary/aromatic N) is 4. The summed E-state index contributed by atoms with van der Waals surface area (Å²) in [5, 5.41) is 14.5. The molecule has 3 heterocycles. The third kappa shape index (κ3) is 4.64. The molecule has 0 bridgehead atoms. The molecule has 1 aromatic heterocycles. The largest absolute Gasteiger partial charge is 0.321 e. The zero-order valence-corrected chi connectivity index (χ0v) is 16.9. The molecule has 0 saturated carbocycles. The van der Waals surface area contributed by atoms with Gasteiger partial charge < -0.3 is 15.5 Å². The third-order valence-electron chi connectivity index (χ3n) is 5.71. The number of aromatic nitrogens is 3. The van der Waals surface area contributed by atoms with Crippen LogP contribution in [0.1, 0.15) is 54.6 Å². The molecule has 2 amide bonds. The molecule has 1 unspecified atom stereocenters. The van der Waals surface area contributed by atoms with Crippen LogP contribution in [0.5, 0.6) is 0 Å². The zero-order chi connectivity index (χ0) is 20.2. The van der Waals surface area contributed by atoms with E-state index in [4.69, 9.17) is 0 Å². The first kappa shape index (κ1) is 19.6. The third-order valence-corrected chi connectivity index (χ3v) is 5.71. The lowest BCUT2D eigenvalue weighted by atomic mass is 10.0. The fourth-order valence-electron chi connectivity index (χ4n) is 4.10. The van der Waals surface area contributed by atoms with Gasteiger partial charge in [-0.2, -0.15) is 0 Å². The molecule has 2 saturated heterocycles. The Hall–Kier alpha value is -2.74. The lowest BCUT2D eigenvalue weighted by Crippen LogP contribution is -2.34. The van der Waals surface area contributed by atoms with Crippen molar-refractivity contribution >= 4 is 23.2 Å². The maximum atomic E-state index is 12.5. The van der Waals surface area contributed by atoms with E-state index >= 15 is 0 Å². The van der Waals surface area contributed by atoms with Gasteiger partial charge >= 0.3 is 0 Å². The van der Waals surface area contributed by atoms with Crippen LogP contribution in [0.4, 0.5) is 11.4 Å². The Bertz CT molecular complexity index is 887. The highest BCUT2D eigenvalue weighted by Crippen LogP contribution is 2.27. The molecular formula is C21H28N6O2. The van der Waals surface area contributed by atoms with Crippen LogP contribution in [0.2, 0.25) is 0 Å². The van der Waals surface area contributed by atoms with Gasteiger partial charge in [-0.3, -0.25) is 14.3 Å². The van der Waals surface area contributed by atoms with Gasteiger partial charge in [-0.25, -0.2) is 0 Å². The Kier molecular flexibility index (Phi) is 5.89. The lowest BCUT2D eigenvalue weighted by Gasteiger charge is -2.23. The van der Waals surface area contributed by atoms with E-state index in [9.17, 15) is 9.59 Å². The Morgan fingerprint density at radius 1 is 1.31 bits per heavy atom. The smallest absolute Gasteiger partial charge is 0.277 e. The second-order valence-corrected chi connectivity index (χ2v) is 7.91. The van der Waals surface area contributed by atoms with Crippen LogP contribution in [-0.4, -0.2) is 45.9 Å². The molecule has 29 heavy (non-hydrogen) atoms. The van der Waals surface area contributed by atoms with E-state index in [0.717, 1.165) is 43.7 Å². The molecule has 0 radical (unpaired) electrons. The Balaban J connectivity index is 1.35. The molecule has 2 fully saturated rings. The molecule has 8 nitrogen and oxygen atoms in total. The minimum atomic E-state index is -0.281. The highest BCUT2D eigenvalue weighted by atomic mass is 16.2. The number of hydrogen-bond acceptors (Lipinski definition) is 5. The predicted molar refractivity (Wildman–Crippen MR) is 111 cm³/mol. The summed E-state index contributed by atoms with van der Waals surface area (Å²) in [5.74, 6) is -0.124. The number of aryl methyl sites for hydroxylation is 2. The first-order valence-electron chi connectivity index (χ1n) is 10.5. The number of hydrogen-bond donors (Lipinski definition) is 2. The van der Waals surface area contributed by atoms with Gasteiger partial charge in [-0.05, 0) is 62.9 Å². The Morgan fingerprint density at radius 2 is 2.21 bits per heavy atom. The standard InChI is InChI=1S/C21H28N6O2/c1-15-13-17(7-8-19(15)27-11-4-6-20(27)28)23-21(29)18-14-26(25-24-18)12-9-16-5-2-3-10-22-16/h7-8,13-14,16,22H,2-6,9-12H2,1H3,(H,23,29). The zero-order valence-electron chi connectivity index (χ0n) is 16.9. The summed E-state index contributed by atoms with van der Waals surface area (Å²) in [6.07, 6.45) is 7.89. The van der Waals surface area contributed by atoms with Crippen molar-refractivity contribution in [2.24, 2.45) is 0 Å². The molecule has 1 atom stereocenters. The number of amides is 2. The number of carbonyl (C=O) groups is 2. The summed E-state index contributed by atoms with van der Waals surface area (Å²) in [4.78, 5) is 26.3. The molecule has 0 spiro atoms. The number of benzene rings is 1. The van der Waals surface area contributed by atoms with Gasteiger partial charge in [0.2, 0.25) is 5.91 Å². The highest BCUT2D eigenvalue weighted by Gasteiger charge is 2.23. The first-order valence-corrected chi connectivity index (χ1v) is 10.5. The maximum Gasteiger partial charge on any atom is 0.277 e. The van der Waals surface area contributed by atoms with Crippen LogP contribution < -0.4 is 15.5 Å². The Labute approximate surface area is 170 Å². The quantitative estimate of drug-likeness (QED) is 0.783. The maximum absolute atomic E-state index is 12.5. The molecule has 1 aromatic carbocycles. The first-order chi connectivity index (χ1) is 14.1. The lowest BCUT2D eigenvalue weighted by molar-refractivity contribution is -0.117. The van der Waals surface area contributed by atoms with Crippen molar-refractivity contribution < 1.29 is 9.59 Å². The number of anilines is 2. The van der Waals surface area contributed by atoms with Crippen molar-refractivity contribution in [1.29, 1.82) is 0 Å². The van der Waals surface area contributed by atoms with Gasteiger partial charge in [0.15, 0.2) is 5.69 Å². The molecular weight excluding hydrogens is 368 g/mol. The average Bonchev–Trinajstić information content (AvgIpc) is 3.37. The van der Waals surface area contributed by atoms with Gasteiger partial charge in [-0.15, -0.1) is 5.10 Å². The summed E-state index contributed by atoms with van der Waals surface area (Å²) < 4.78 is 1.73. The molecule has 2 aromatic rings. The number of carbonyl (C=O) groups excluding carboxylic acids is 2. The molecule has 0 aliphatic carbocycles. The number of rotatable bonds is 6. The fraction of sp³-hybridized carbons (Fsp3) is 0.524. The van der Waals surface area contributed by atoms with Crippen molar-refractivity contribution in [3.05, 3.63) is 35.7 Å². The van der Waals surface area contributed by atoms with E-state index in [-0.39, 0.29) is 11.8 Å². The predicted octanol–water partition coefficient (Wildman–Crippen LogP) is 2.50. The normalized spacial score (nSPS) is 19.6. The van der Waals surface area contributed by atoms with Crippen molar-refractivity contribution in [3.8, 4) is 0 Å². The van der Waals surface area contributed by atoms with E-state index in [1.165, 1.54) is 19.3 Å². The molecule has 154 valence electrons. The second-order valence-electron chi connectivity index (χ2n) is 7.91. The van der Waals surface area contributed by atoms with E-state index in [0.29, 0.717) is 23.8 Å². The van der Waals surface area contributed by atoms with Crippen LogP contribution in [0.15, 0.2) is 24.4 Å². The van der Waals surface area contributed by atoms with E-state index < -0.39 is 0 Å². The van der Waals surface area contributed by atoms with Crippen molar-refractivity contribution in [1.82, 2.24) is 20.3 Å². The summed E-state index contributed by atoms with van der Waals surface area (Å²) in [5.41, 5.74) is 2.86. The number of nitrogens with one attached hydrogen (secondary N) is 2. The van der Waals surface area contributed by atoms with Crippen LogP contribution in [0, 0.1) is 6.92 Å².